The second-order valence-corrected chi connectivity index (χ2v) is 4.69. The SMILES string of the molecule is c1cc(NCc2cnn3ccccc23)c2[nH]ncc2c1. The molecule has 0 aliphatic heterocycles. The average molecular weight is 263 g/mol. The fourth-order valence-corrected chi connectivity index (χ4v) is 2.43. The Hall–Kier alpha value is -2.82. The van der Waals surface area contributed by atoms with E-state index in [-0.39, 0.29) is 0 Å². The molecule has 4 rings (SSSR count). The van der Waals surface area contributed by atoms with E-state index in [1.165, 1.54) is 5.56 Å². The van der Waals surface area contributed by atoms with Gasteiger partial charge in [0, 0.05) is 23.7 Å². The first-order chi connectivity index (χ1) is 9.92. The fourth-order valence-electron chi connectivity index (χ4n) is 2.43. The molecule has 5 nitrogen and oxygen atoms in total. The van der Waals surface area contributed by atoms with Crippen molar-refractivity contribution >= 4 is 22.1 Å². The van der Waals surface area contributed by atoms with Crippen molar-refractivity contribution in [2.24, 2.45) is 0 Å². The van der Waals surface area contributed by atoms with E-state index in [1.54, 1.807) is 0 Å². The van der Waals surface area contributed by atoms with Gasteiger partial charge in [-0.3, -0.25) is 5.10 Å². The number of rotatable bonds is 3. The summed E-state index contributed by atoms with van der Waals surface area (Å²) in [7, 11) is 0. The summed E-state index contributed by atoms with van der Waals surface area (Å²) in [6, 6.07) is 12.2. The third kappa shape index (κ3) is 1.72. The lowest BCUT2D eigenvalue weighted by Gasteiger charge is -2.06. The molecule has 0 unspecified atom stereocenters. The summed E-state index contributed by atoms with van der Waals surface area (Å²) in [6.45, 7) is 0.728. The number of nitrogens with zero attached hydrogens (tertiary/aromatic N) is 3. The van der Waals surface area contributed by atoms with Crippen LogP contribution < -0.4 is 5.32 Å². The van der Waals surface area contributed by atoms with E-state index in [4.69, 9.17) is 0 Å². The van der Waals surface area contributed by atoms with Gasteiger partial charge in [-0.05, 0) is 18.2 Å². The maximum Gasteiger partial charge on any atom is 0.0881 e. The van der Waals surface area contributed by atoms with Gasteiger partial charge in [0.25, 0.3) is 0 Å². The van der Waals surface area contributed by atoms with E-state index < -0.39 is 0 Å². The number of nitrogens with one attached hydrogen (secondary N) is 2. The molecule has 3 heterocycles. The molecule has 0 fully saturated rings. The smallest absolute Gasteiger partial charge is 0.0881 e. The average Bonchev–Trinajstić information content (AvgIpc) is 3.12. The summed E-state index contributed by atoms with van der Waals surface area (Å²) >= 11 is 0. The number of hydrogen-bond donors (Lipinski definition) is 2. The fraction of sp³-hybridized carbons (Fsp3) is 0.0667. The molecule has 3 aromatic heterocycles. The highest BCUT2D eigenvalue weighted by Gasteiger charge is 2.05. The van der Waals surface area contributed by atoms with Crippen LogP contribution in [0.25, 0.3) is 16.4 Å². The molecule has 0 amide bonds. The molecule has 0 saturated carbocycles. The van der Waals surface area contributed by atoms with Crippen LogP contribution >= 0.6 is 0 Å². The molecule has 20 heavy (non-hydrogen) atoms. The zero-order valence-electron chi connectivity index (χ0n) is 10.7. The highest BCUT2D eigenvalue weighted by molar-refractivity contribution is 5.89. The summed E-state index contributed by atoms with van der Waals surface area (Å²) in [5, 5.41) is 16.0. The molecule has 0 aliphatic carbocycles. The van der Waals surface area contributed by atoms with Crippen LogP contribution in [0.5, 0.6) is 0 Å². The summed E-state index contributed by atoms with van der Waals surface area (Å²) in [5.74, 6) is 0. The van der Waals surface area contributed by atoms with Gasteiger partial charge in [-0.25, -0.2) is 4.52 Å². The van der Waals surface area contributed by atoms with Crippen LogP contribution in [0.3, 0.4) is 0 Å². The normalized spacial score (nSPS) is 11.2. The largest absolute Gasteiger partial charge is 0.379 e. The van der Waals surface area contributed by atoms with E-state index in [0.29, 0.717) is 0 Å². The highest BCUT2D eigenvalue weighted by Crippen LogP contribution is 2.21. The van der Waals surface area contributed by atoms with Crippen LogP contribution in [0.15, 0.2) is 55.0 Å². The molecule has 4 aromatic rings. The minimum absolute atomic E-state index is 0.728. The van der Waals surface area contributed by atoms with E-state index in [2.05, 4.69) is 26.7 Å². The van der Waals surface area contributed by atoms with Crippen molar-refractivity contribution in [3.05, 3.63) is 60.6 Å². The van der Waals surface area contributed by atoms with Crippen LogP contribution in [-0.4, -0.2) is 19.8 Å². The Morgan fingerprint density at radius 3 is 3.10 bits per heavy atom. The number of aromatic amines is 1. The van der Waals surface area contributed by atoms with E-state index in [9.17, 15) is 0 Å². The minimum Gasteiger partial charge on any atom is -0.379 e. The molecule has 2 N–H and O–H groups in total. The summed E-state index contributed by atoms with van der Waals surface area (Å²) in [4.78, 5) is 0. The van der Waals surface area contributed by atoms with Gasteiger partial charge in [0.05, 0.1) is 29.1 Å². The molecule has 98 valence electrons. The van der Waals surface area contributed by atoms with E-state index in [1.807, 2.05) is 53.4 Å². The highest BCUT2D eigenvalue weighted by atomic mass is 15.2. The molecule has 0 radical (unpaired) electrons. The number of fused-ring (bicyclic) bond motifs is 2. The van der Waals surface area contributed by atoms with Gasteiger partial charge in [0.1, 0.15) is 0 Å². The lowest BCUT2D eigenvalue weighted by atomic mass is 10.2. The summed E-state index contributed by atoms with van der Waals surface area (Å²) < 4.78 is 1.88. The number of H-pyrrole nitrogens is 1. The molecule has 0 aliphatic rings. The van der Waals surface area contributed by atoms with Crippen LogP contribution in [0, 0.1) is 0 Å². The van der Waals surface area contributed by atoms with Crippen LogP contribution in [0.4, 0.5) is 5.69 Å². The van der Waals surface area contributed by atoms with Crippen LogP contribution in [0.2, 0.25) is 0 Å². The Bertz CT molecular complexity index is 874. The van der Waals surface area contributed by atoms with Crippen LogP contribution in [-0.2, 0) is 6.54 Å². The van der Waals surface area contributed by atoms with Crippen molar-refractivity contribution in [3.8, 4) is 0 Å². The molecule has 0 saturated heterocycles. The minimum atomic E-state index is 0.728. The first kappa shape index (κ1) is 11.0. The van der Waals surface area contributed by atoms with Gasteiger partial charge in [-0.1, -0.05) is 18.2 Å². The van der Waals surface area contributed by atoms with Gasteiger partial charge >= 0.3 is 0 Å². The first-order valence-electron chi connectivity index (χ1n) is 6.49. The van der Waals surface area contributed by atoms with Crippen LogP contribution in [0.1, 0.15) is 5.56 Å². The quantitative estimate of drug-likeness (QED) is 0.597. The lowest BCUT2D eigenvalue weighted by molar-refractivity contribution is 0.961. The molecule has 0 bridgehead atoms. The summed E-state index contributed by atoms with van der Waals surface area (Å²) in [5.41, 5.74) is 4.37. The second kappa shape index (κ2) is 4.38. The monoisotopic (exact) mass is 263 g/mol. The third-order valence-electron chi connectivity index (χ3n) is 3.45. The zero-order chi connectivity index (χ0) is 13.4. The molecule has 1 aromatic carbocycles. The maximum atomic E-state index is 4.34. The van der Waals surface area contributed by atoms with E-state index in [0.717, 1.165) is 28.7 Å². The van der Waals surface area contributed by atoms with E-state index >= 15 is 0 Å². The standard InChI is InChI=1S/C15H13N5/c1-2-7-20-14(6-1)12(10-18-20)8-16-13-5-3-4-11-9-17-19-15(11)13/h1-7,9-10,16H,8H2,(H,17,19). The first-order valence-corrected chi connectivity index (χ1v) is 6.49. The Labute approximate surface area is 115 Å². The molecular weight excluding hydrogens is 250 g/mol. The molecule has 0 atom stereocenters. The number of pyridine rings is 1. The third-order valence-corrected chi connectivity index (χ3v) is 3.45. The van der Waals surface area contributed by atoms with Crippen molar-refractivity contribution in [2.45, 2.75) is 6.54 Å². The van der Waals surface area contributed by atoms with Gasteiger partial charge in [0.2, 0.25) is 0 Å². The number of hydrogen-bond acceptors (Lipinski definition) is 3. The van der Waals surface area contributed by atoms with Crippen molar-refractivity contribution in [3.63, 3.8) is 0 Å². The second-order valence-electron chi connectivity index (χ2n) is 4.69. The predicted octanol–water partition coefficient (Wildman–Crippen LogP) is 2.82. The predicted molar refractivity (Wildman–Crippen MR) is 78.6 cm³/mol. The van der Waals surface area contributed by atoms with Gasteiger partial charge in [-0.2, -0.15) is 10.2 Å². The van der Waals surface area contributed by atoms with Crippen molar-refractivity contribution in [1.29, 1.82) is 0 Å². The number of anilines is 1. The maximum absolute atomic E-state index is 4.34. The van der Waals surface area contributed by atoms with Crippen molar-refractivity contribution in [2.75, 3.05) is 5.32 Å². The van der Waals surface area contributed by atoms with Gasteiger partial charge in [-0.15, -0.1) is 0 Å². The lowest BCUT2D eigenvalue weighted by Crippen LogP contribution is -1.99. The number of benzene rings is 1. The van der Waals surface area contributed by atoms with Gasteiger partial charge < -0.3 is 5.32 Å². The van der Waals surface area contributed by atoms with Gasteiger partial charge in [0.15, 0.2) is 0 Å². The molecule has 5 heteroatoms. The number of para-hydroxylation sites is 1. The summed E-state index contributed by atoms with van der Waals surface area (Å²) in [6.07, 6.45) is 5.68. The van der Waals surface area contributed by atoms with Crippen molar-refractivity contribution in [1.82, 2.24) is 19.8 Å². The Kier molecular flexibility index (Phi) is 2.42. The number of aromatic nitrogens is 4. The Morgan fingerprint density at radius 2 is 2.10 bits per heavy atom. The molecule has 0 spiro atoms. The Balaban J connectivity index is 1.66. The topological polar surface area (TPSA) is 58.0 Å². The van der Waals surface area contributed by atoms with Crippen molar-refractivity contribution < 1.29 is 0 Å². The Morgan fingerprint density at radius 1 is 1.10 bits per heavy atom. The zero-order valence-corrected chi connectivity index (χ0v) is 10.7. The molecular formula is C15H13N5.